The van der Waals surface area contributed by atoms with Crippen LogP contribution in [0.15, 0.2) is 24.3 Å². The van der Waals surface area contributed by atoms with Gasteiger partial charge in [0, 0.05) is 13.0 Å². The van der Waals surface area contributed by atoms with Gasteiger partial charge in [-0.1, -0.05) is 12.1 Å². The Morgan fingerprint density at radius 1 is 1.26 bits per heavy atom. The third-order valence-corrected chi connectivity index (χ3v) is 2.13. The Bertz CT molecular complexity index is 546. The number of hydrogen-bond donors (Lipinski definition) is 3. The lowest BCUT2D eigenvalue weighted by Crippen LogP contribution is -2.47. The molecular weight excluding hydrogens is 272 g/mol. The summed E-state index contributed by atoms with van der Waals surface area (Å²) in [5.74, 6) is -1.14. The van der Waals surface area contributed by atoms with Crippen LogP contribution in [0.5, 0.6) is 0 Å². The minimum absolute atomic E-state index is 0.125. The number of thiocarbonyl (C=S) groups is 1. The number of hydrazine groups is 1. The number of nitrogens with zero attached hydrogens (tertiary/aromatic N) is 1. The van der Waals surface area contributed by atoms with Crippen molar-refractivity contribution in [3.63, 3.8) is 0 Å². The summed E-state index contributed by atoms with van der Waals surface area (Å²) in [7, 11) is 0. The molecule has 0 unspecified atom stereocenters. The largest absolute Gasteiger partial charge is 0.297 e. The third kappa shape index (κ3) is 4.32. The van der Waals surface area contributed by atoms with Crippen LogP contribution in [0.1, 0.15) is 17.3 Å². The summed E-state index contributed by atoms with van der Waals surface area (Å²) in [6, 6.07) is 5.45. The predicted octanol–water partition coefficient (Wildman–Crippen LogP) is 0.250. The molecule has 1 aromatic rings. The molecule has 0 atom stereocenters. The zero-order valence-corrected chi connectivity index (χ0v) is 10.6. The molecule has 0 heterocycles. The topological polar surface area (TPSA) is 113 Å². The number of rotatable bonds is 2. The van der Waals surface area contributed by atoms with Crippen LogP contribution in [0.25, 0.3) is 0 Å². The third-order valence-electron chi connectivity index (χ3n) is 1.92. The average Bonchev–Trinajstić information content (AvgIpc) is 2.36. The summed E-state index contributed by atoms with van der Waals surface area (Å²) >= 11 is 4.73. The molecule has 19 heavy (non-hydrogen) atoms. The Morgan fingerprint density at radius 3 is 2.47 bits per heavy atom. The molecule has 3 N–H and O–H groups in total. The second kappa shape index (κ2) is 6.40. The van der Waals surface area contributed by atoms with E-state index in [1.165, 1.54) is 31.2 Å². The van der Waals surface area contributed by atoms with Crippen LogP contribution in [0, 0.1) is 10.1 Å². The minimum Gasteiger partial charge on any atom is -0.297 e. The van der Waals surface area contributed by atoms with Gasteiger partial charge in [0.15, 0.2) is 5.11 Å². The van der Waals surface area contributed by atoms with Gasteiger partial charge in [-0.05, 0) is 18.3 Å². The summed E-state index contributed by atoms with van der Waals surface area (Å²) in [6.07, 6.45) is 0. The van der Waals surface area contributed by atoms with Crippen molar-refractivity contribution in [2.45, 2.75) is 6.92 Å². The Hall–Kier alpha value is -2.55. The van der Waals surface area contributed by atoms with Crippen molar-refractivity contribution in [3.05, 3.63) is 39.9 Å². The average molecular weight is 282 g/mol. The highest BCUT2D eigenvalue weighted by molar-refractivity contribution is 7.80. The van der Waals surface area contributed by atoms with E-state index >= 15 is 0 Å². The maximum Gasteiger partial charge on any atom is 0.282 e. The number of hydrogen-bond acceptors (Lipinski definition) is 5. The van der Waals surface area contributed by atoms with E-state index in [4.69, 9.17) is 12.2 Å². The molecule has 0 aliphatic carbocycles. The zero-order chi connectivity index (χ0) is 14.4. The van der Waals surface area contributed by atoms with Gasteiger partial charge in [-0.15, -0.1) is 0 Å². The summed E-state index contributed by atoms with van der Waals surface area (Å²) in [5, 5.41) is 12.8. The van der Waals surface area contributed by atoms with Gasteiger partial charge in [0.1, 0.15) is 5.56 Å². The number of para-hydroxylation sites is 1. The Morgan fingerprint density at radius 2 is 1.89 bits per heavy atom. The molecule has 0 spiro atoms. The molecule has 100 valence electrons. The van der Waals surface area contributed by atoms with Crippen molar-refractivity contribution in [1.82, 2.24) is 16.2 Å². The van der Waals surface area contributed by atoms with E-state index in [0.717, 1.165) is 0 Å². The van der Waals surface area contributed by atoms with Crippen LogP contribution in [0.2, 0.25) is 0 Å². The molecule has 2 amide bonds. The number of benzene rings is 1. The van der Waals surface area contributed by atoms with Crippen LogP contribution in [-0.4, -0.2) is 21.9 Å². The second-order valence-corrected chi connectivity index (χ2v) is 3.77. The van der Waals surface area contributed by atoms with Crippen molar-refractivity contribution in [2.75, 3.05) is 0 Å². The van der Waals surface area contributed by atoms with Gasteiger partial charge in [0.25, 0.3) is 11.6 Å². The van der Waals surface area contributed by atoms with Crippen LogP contribution in [0.4, 0.5) is 5.69 Å². The highest BCUT2D eigenvalue weighted by atomic mass is 32.1. The van der Waals surface area contributed by atoms with Crippen LogP contribution >= 0.6 is 12.2 Å². The highest BCUT2D eigenvalue weighted by Gasteiger charge is 2.19. The number of nitro benzene ring substituents is 1. The first kappa shape index (κ1) is 14.5. The minimum atomic E-state index is -0.741. The van der Waals surface area contributed by atoms with Gasteiger partial charge >= 0.3 is 0 Å². The fourth-order valence-electron chi connectivity index (χ4n) is 1.17. The molecule has 9 heteroatoms. The quantitative estimate of drug-likeness (QED) is 0.407. The summed E-state index contributed by atoms with van der Waals surface area (Å²) in [4.78, 5) is 32.5. The highest BCUT2D eigenvalue weighted by Crippen LogP contribution is 2.16. The zero-order valence-electron chi connectivity index (χ0n) is 9.80. The summed E-state index contributed by atoms with van der Waals surface area (Å²) in [5.41, 5.74) is 3.97. The number of nitro groups is 1. The summed E-state index contributed by atoms with van der Waals surface area (Å²) in [6.45, 7) is 1.25. The molecule has 1 aromatic carbocycles. The second-order valence-electron chi connectivity index (χ2n) is 3.36. The van der Waals surface area contributed by atoms with Gasteiger partial charge in [-0.2, -0.15) is 0 Å². The first-order chi connectivity index (χ1) is 8.91. The van der Waals surface area contributed by atoms with E-state index in [9.17, 15) is 19.7 Å². The van der Waals surface area contributed by atoms with E-state index in [1.807, 2.05) is 0 Å². The molecule has 0 fully saturated rings. The number of carbonyl (C=O) groups excluding carboxylic acids is 2. The SMILES string of the molecule is CC(=O)NNC(=S)NC(=O)c1ccccc1[N+](=O)[O-]. The lowest BCUT2D eigenvalue weighted by molar-refractivity contribution is -0.385. The number of carbonyl (C=O) groups is 2. The van der Waals surface area contributed by atoms with E-state index in [0.29, 0.717) is 0 Å². The Labute approximate surface area is 113 Å². The maximum absolute atomic E-state index is 11.8. The van der Waals surface area contributed by atoms with Gasteiger partial charge in [-0.3, -0.25) is 35.9 Å². The molecule has 0 aliphatic rings. The van der Waals surface area contributed by atoms with Gasteiger partial charge in [-0.25, -0.2) is 0 Å². The summed E-state index contributed by atoms with van der Waals surface area (Å²) < 4.78 is 0. The maximum atomic E-state index is 11.8. The first-order valence-electron chi connectivity index (χ1n) is 5.03. The van der Waals surface area contributed by atoms with Gasteiger partial charge in [0.2, 0.25) is 5.91 Å². The molecule has 0 radical (unpaired) electrons. The predicted molar refractivity (Wildman–Crippen MR) is 70.1 cm³/mol. The smallest absolute Gasteiger partial charge is 0.282 e. The van der Waals surface area contributed by atoms with E-state index in [1.54, 1.807) is 0 Å². The molecule has 8 nitrogen and oxygen atoms in total. The van der Waals surface area contributed by atoms with E-state index in [2.05, 4.69) is 16.2 Å². The molecular formula is C10H10N4O4S. The van der Waals surface area contributed by atoms with Crippen molar-refractivity contribution in [2.24, 2.45) is 0 Å². The fraction of sp³-hybridized carbons (Fsp3) is 0.100. The van der Waals surface area contributed by atoms with Gasteiger partial charge < -0.3 is 0 Å². The first-order valence-corrected chi connectivity index (χ1v) is 5.44. The normalized spacial score (nSPS) is 9.32. The van der Waals surface area contributed by atoms with Crippen LogP contribution in [0.3, 0.4) is 0 Å². The lowest BCUT2D eigenvalue weighted by Gasteiger charge is -2.09. The Balaban J connectivity index is 2.76. The molecule has 1 rings (SSSR count). The van der Waals surface area contributed by atoms with E-state index < -0.39 is 16.7 Å². The van der Waals surface area contributed by atoms with Gasteiger partial charge in [0.05, 0.1) is 4.92 Å². The molecule has 0 saturated heterocycles. The van der Waals surface area contributed by atoms with Crippen molar-refractivity contribution < 1.29 is 14.5 Å². The Kier molecular flexibility index (Phi) is 4.89. The standard InChI is InChI=1S/C10H10N4O4S/c1-6(15)12-13-10(19)11-9(16)7-4-2-3-5-8(7)14(17)18/h2-5H,1H3,(H,12,15)(H2,11,13,16,19). The van der Waals surface area contributed by atoms with Crippen molar-refractivity contribution in [3.8, 4) is 0 Å². The van der Waals surface area contributed by atoms with Crippen LogP contribution in [-0.2, 0) is 4.79 Å². The number of nitrogens with one attached hydrogen (secondary N) is 3. The molecule has 0 aliphatic heterocycles. The van der Waals surface area contributed by atoms with Crippen molar-refractivity contribution >= 4 is 34.8 Å². The molecule has 0 aromatic heterocycles. The fourth-order valence-corrected chi connectivity index (χ4v) is 1.32. The number of amides is 2. The lowest BCUT2D eigenvalue weighted by atomic mass is 10.1. The molecule has 0 saturated carbocycles. The molecule has 0 bridgehead atoms. The van der Waals surface area contributed by atoms with Crippen molar-refractivity contribution in [1.29, 1.82) is 0 Å². The monoisotopic (exact) mass is 282 g/mol. The van der Waals surface area contributed by atoms with Crippen LogP contribution < -0.4 is 16.2 Å². The van der Waals surface area contributed by atoms with E-state index in [-0.39, 0.29) is 16.4 Å².